The molecule has 0 spiro atoms. The number of rotatable bonds is 4. The van der Waals surface area contributed by atoms with E-state index >= 15 is 0 Å². The highest BCUT2D eigenvalue weighted by atomic mass is 19.1. The Kier molecular flexibility index (Phi) is 4.64. The molecule has 0 aliphatic rings. The molecule has 0 atom stereocenters. The quantitative estimate of drug-likeness (QED) is 0.904. The first-order valence-corrected chi connectivity index (χ1v) is 6.40. The van der Waals surface area contributed by atoms with Crippen LogP contribution in [-0.4, -0.2) is 5.91 Å². The highest BCUT2D eigenvalue weighted by molar-refractivity contribution is 5.92. The van der Waals surface area contributed by atoms with Crippen LogP contribution in [0.15, 0.2) is 42.5 Å². The van der Waals surface area contributed by atoms with Crippen molar-refractivity contribution in [2.45, 2.75) is 13.0 Å². The smallest absolute Gasteiger partial charge is 0.228 e. The van der Waals surface area contributed by atoms with Gasteiger partial charge in [-0.2, -0.15) is 5.26 Å². The molecule has 1 amide bonds. The van der Waals surface area contributed by atoms with Crippen LogP contribution in [0.1, 0.15) is 16.7 Å². The first-order valence-electron chi connectivity index (χ1n) is 6.40. The summed E-state index contributed by atoms with van der Waals surface area (Å²) in [6, 6.07) is 13.0. The van der Waals surface area contributed by atoms with E-state index in [1.807, 2.05) is 24.3 Å². The molecule has 0 aromatic heterocycles. The number of carbonyl (C=O) groups is 1. The Hall–Kier alpha value is -2.71. The molecule has 0 saturated carbocycles. The van der Waals surface area contributed by atoms with Gasteiger partial charge in [0, 0.05) is 12.2 Å². The van der Waals surface area contributed by atoms with E-state index in [4.69, 9.17) is 11.0 Å². The number of hydrogen-bond acceptors (Lipinski definition) is 3. The first kappa shape index (κ1) is 14.7. The van der Waals surface area contributed by atoms with E-state index in [1.165, 1.54) is 12.1 Å². The highest BCUT2D eigenvalue weighted by Gasteiger charge is 2.09. The van der Waals surface area contributed by atoms with Crippen LogP contribution in [0.4, 0.5) is 10.1 Å². The standard InChI is InChI=1S/C16H14FN3O/c17-15-6-5-14(7-13(15)10-19)20-16(21)8-11-3-1-2-4-12(11)9-18/h1-7H,8-9,18H2,(H,20,21). The van der Waals surface area contributed by atoms with Gasteiger partial charge in [0.15, 0.2) is 0 Å². The van der Waals surface area contributed by atoms with E-state index in [2.05, 4.69) is 5.32 Å². The number of benzene rings is 2. The van der Waals surface area contributed by atoms with Crippen molar-refractivity contribution >= 4 is 11.6 Å². The molecule has 4 nitrogen and oxygen atoms in total. The lowest BCUT2D eigenvalue weighted by molar-refractivity contribution is -0.115. The van der Waals surface area contributed by atoms with E-state index in [-0.39, 0.29) is 17.9 Å². The van der Waals surface area contributed by atoms with Crippen LogP contribution in [0.25, 0.3) is 0 Å². The predicted molar refractivity (Wildman–Crippen MR) is 77.8 cm³/mol. The number of nitriles is 1. The van der Waals surface area contributed by atoms with Gasteiger partial charge in [-0.05, 0) is 29.3 Å². The molecule has 0 aliphatic heterocycles. The number of anilines is 1. The van der Waals surface area contributed by atoms with E-state index in [0.29, 0.717) is 12.2 Å². The second-order valence-corrected chi connectivity index (χ2v) is 4.50. The summed E-state index contributed by atoms with van der Waals surface area (Å²) >= 11 is 0. The third-order valence-corrected chi connectivity index (χ3v) is 3.06. The topological polar surface area (TPSA) is 78.9 Å². The summed E-state index contributed by atoms with van der Waals surface area (Å²) in [6.07, 6.45) is 0.173. The van der Waals surface area contributed by atoms with E-state index in [9.17, 15) is 9.18 Å². The van der Waals surface area contributed by atoms with Crippen molar-refractivity contribution in [3.8, 4) is 6.07 Å². The second-order valence-electron chi connectivity index (χ2n) is 4.50. The molecule has 0 fully saturated rings. The second kappa shape index (κ2) is 6.64. The molecule has 0 aliphatic carbocycles. The number of nitrogens with zero attached hydrogens (tertiary/aromatic N) is 1. The van der Waals surface area contributed by atoms with Gasteiger partial charge in [-0.25, -0.2) is 4.39 Å². The molecule has 0 radical (unpaired) electrons. The Morgan fingerprint density at radius 3 is 2.62 bits per heavy atom. The van der Waals surface area contributed by atoms with Crippen LogP contribution in [0.5, 0.6) is 0 Å². The van der Waals surface area contributed by atoms with Gasteiger partial charge in [0.25, 0.3) is 0 Å². The van der Waals surface area contributed by atoms with Crippen molar-refractivity contribution < 1.29 is 9.18 Å². The third kappa shape index (κ3) is 3.65. The average molecular weight is 283 g/mol. The SMILES string of the molecule is N#Cc1cc(NC(=O)Cc2ccccc2CN)ccc1F. The fraction of sp³-hybridized carbons (Fsp3) is 0.125. The summed E-state index contributed by atoms with van der Waals surface area (Å²) in [5, 5.41) is 11.4. The van der Waals surface area contributed by atoms with Crippen molar-refractivity contribution in [1.29, 1.82) is 5.26 Å². The zero-order valence-corrected chi connectivity index (χ0v) is 11.3. The summed E-state index contributed by atoms with van der Waals surface area (Å²) in [5.74, 6) is -0.852. The van der Waals surface area contributed by atoms with Crippen molar-refractivity contribution in [3.05, 3.63) is 65.0 Å². The summed E-state index contributed by atoms with van der Waals surface area (Å²) in [7, 11) is 0. The van der Waals surface area contributed by atoms with E-state index in [1.54, 1.807) is 6.07 Å². The van der Waals surface area contributed by atoms with Gasteiger partial charge in [0.05, 0.1) is 12.0 Å². The molecule has 2 rings (SSSR count). The van der Waals surface area contributed by atoms with Crippen LogP contribution < -0.4 is 11.1 Å². The van der Waals surface area contributed by atoms with Crippen molar-refractivity contribution in [3.63, 3.8) is 0 Å². The fourth-order valence-electron chi connectivity index (χ4n) is 2.00. The number of nitrogens with one attached hydrogen (secondary N) is 1. The predicted octanol–water partition coefficient (Wildman–Crippen LogP) is 2.34. The molecule has 3 N–H and O–H groups in total. The van der Waals surface area contributed by atoms with E-state index in [0.717, 1.165) is 17.2 Å². The maximum Gasteiger partial charge on any atom is 0.228 e. The lowest BCUT2D eigenvalue weighted by atomic mass is 10.0. The van der Waals surface area contributed by atoms with Gasteiger partial charge in [-0.1, -0.05) is 24.3 Å². The largest absolute Gasteiger partial charge is 0.326 e. The molecule has 0 unspecified atom stereocenters. The summed E-state index contributed by atoms with van der Waals surface area (Å²) < 4.78 is 13.2. The number of halogens is 1. The number of nitrogens with two attached hydrogens (primary N) is 1. The minimum absolute atomic E-state index is 0.102. The van der Waals surface area contributed by atoms with Crippen LogP contribution in [0.2, 0.25) is 0 Å². The van der Waals surface area contributed by atoms with Crippen molar-refractivity contribution in [2.75, 3.05) is 5.32 Å². The normalized spacial score (nSPS) is 9.95. The summed E-state index contributed by atoms with van der Waals surface area (Å²) in [6.45, 7) is 0.360. The number of carbonyl (C=O) groups excluding carboxylic acids is 1. The molecule has 5 heteroatoms. The van der Waals surface area contributed by atoms with Gasteiger partial charge in [0.2, 0.25) is 5.91 Å². The van der Waals surface area contributed by atoms with Crippen LogP contribution in [-0.2, 0) is 17.8 Å². The van der Waals surface area contributed by atoms with Gasteiger partial charge in [-0.3, -0.25) is 4.79 Å². The first-order chi connectivity index (χ1) is 10.1. The maximum atomic E-state index is 13.2. The van der Waals surface area contributed by atoms with Crippen LogP contribution in [0.3, 0.4) is 0 Å². The third-order valence-electron chi connectivity index (χ3n) is 3.06. The van der Waals surface area contributed by atoms with Gasteiger partial charge in [0.1, 0.15) is 11.9 Å². The minimum atomic E-state index is -0.607. The molecule has 2 aromatic rings. The van der Waals surface area contributed by atoms with Gasteiger partial charge in [-0.15, -0.1) is 0 Å². The molecule has 21 heavy (non-hydrogen) atoms. The Bertz CT molecular complexity index is 707. The molecular weight excluding hydrogens is 269 g/mol. The molecular formula is C16H14FN3O. The van der Waals surface area contributed by atoms with E-state index < -0.39 is 5.82 Å². The van der Waals surface area contributed by atoms with Crippen molar-refractivity contribution in [1.82, 2.24) is 0 Å². The Morgan fingerprint density at radius 2 is 1.95 bits per heavy atom. The molecule has 106 valence electrons. The monoisotopic (exact) mass is 283 g/mol. The Morgan fingerprint density at radius 1 is 1.24 bits per heavy atom. The van der Waals surface area contributed by atoms with Crippen molar-refractivity contribution in [2.24, 2.45) is 5.73 Å². The highest BCUT2D eigenvalue weighted by Crippen LogP contribution is 2.15. The zero-order chi connectivity index (χ0) is 15.2. The molecule has 0 saturated heterocycles. The van der Waals surface area contributed by atoms with Gasteiger partial charge < -0.3 is 11.1 Å². The summed E-state index contributed by atoms with van der Waals surface area (Å²) in [4.78, 5) is 12.0. The lowest BCUT2D eigenvalue weighted by Gasteiger charge is -2.09. The molecule has 0 heterocycles. The summed E-state index contributed by atoms with van der Waals surface area (Å²) in [5.41, 5.74) is 7.67. The Balaban J connectivity index is 2.10. The fourth-order valence-corrected chi connectivity index (χ4v) is 2.00. The number of hydrogen-bond donors (Lipinski definition) is 2. The lowest BCUT2D eigenvalue weighted by Crippen LogP contribution is -2.16. The number of amides is 1. The maximum absolute atomic E-state index is 13.2. The van der Waals surface area contributed by atoms with Crippen LogP contribution >= 0.6 is 0 Å². The molecule has 0 bridgehead atoms. The minimum Gasteiger partial charge on any atom is -0.326 e. The van der Waals surface area contributed by atoms with Crippen LogP contribution in [0, 0.1) is 17.1 Å². The van der Waals surface area contributed by atoms with Gasteiger partial charge >= 0.3 is 0 Å². The molecule has 2 aromatic carbocycles. The Labute approximate surface area is 122 Å². The zero-order valence-electron chi connectivity index (χ0n) is 11.3. The average Bonchev–Trinajstić information content (AvgIpc) is 2.49.